The largest absolute Gasteiger partial charge is 0.465 e. The number of benzene rings is 1. The van der Waals surface area contributed by atoms with E-state index in [0.717, 1.165) is 13.1 Å². The summed E-state index contributed by atoms with van der Waals surface area (Å²) in [7, 11) is 5.24. The van der Waals surface area contributed by atoms with Gasteiger partial charge in [0.25, 0.3) is 5.91 Å². The molecule has 0 radical (unpaired) electrons. The maximum Gasteiger partial charge on any atom is 0.339 e. The predicted molar refractivity (Wildman–Crippen MR) is 94.8 cm³/mol. The van der Waals surface area contributed by atoms with Gasteiger partial charge in [0.1, 0.15) is 11.5 Å². The summed E-state index contributed by atoms with van der Waals surface area (Å²) in [6.45, 7) is 1.58. The number of nitrogens with zero attached hydrogens (tertiary/aromatic N) is 3. The quantitative estimate of drug-likeness (QED) is 0.735. The van der Waals surface area contributed by atoms with E-state index in [0.29, 0.717) is 11.5 Å². The number of carbonyl (C=O) groups excluding carboxylic acids is 2. The molecule has 1 aromatic heterocycles. The summed E-state index contributed by atoms with van der Waals surface area (Å²) >= 11 is 0. The zero-order valence-corrected chi connectivity index (χ0v) is 14.4. The van der Waals surface area contributed by atoms with Gasteiger partial charge in [-0.25, -0.2) is 14.8 Å². The second-order valence-electron chi connectivity index (χ2n) is 5.51. The van der Waals surface area contributed by atoms with Crippen LogP contribution in [-0.4, -0.2) is 61.0 Å². The van der Waals surface area contributed by atoms with Crippen LogP contribution in [0.4, 0.5) is 11.5 Å². The number of para-hydroxylation sites is 1. The Morgan fingerprint density at radius 3 is 2.56 bits per heavy atom. The fourth-order valence-corrected chi connectivity index (χ4v) is 2.01. The van der Waals surface area contributed by atoms with Crippen LogP contribution < -0.4 is 10.6 Å². The third kappa shape index (κ3) is 5.25. The zero-order chi connectivity index (χ0) is 18.2. The third-order valence-electron chi connectivity index (χ3n) is 3.33. The first-order chi connectivity index (χ1) is 12.0. The Labute approximate surface area is 146 Å². The molecule has 1 heterocycles. The van der Waals surface area contributed by atoms with Crippen LogP contribution in [0.1, 0.15) is 20.8 Å². The first-order valence-corrected chi connectivity index (χ1v) is 7.70. The van der Waals surface area contributed by atoms with Gasteiger partial charge in [0.15, 0.2) is 0 Å². The van der Waals surface area contributed by atoms with Crippen LogP contribution in [0.25, 0.3) is 0 Å². The summed E-state index contributed by atoms with van der Waals surface area (Å²) in [6.07, 6.45) is 2.88. The first-order valence-electron chi connectivity index (χ1n) is 7.70. The van der Waals surface area contributed by atoms with Crippen LogP contribution in [0.2, 0.25) is 0 Å². The Bertz CT molecular complexity index is 731. The molecule has 0 fully saturated rings. The van der Waals surface area contributed by atoms with Crippen molar-refractivity contribution in [2.75, 3.05) is 44.9 Å². The predicted octanol–water partition coefficient (Wildman–Crippen LogP) is 1.49. The molecule has 0 atom stereocenters. The van der Waals surface area contributed by atoms with Crippen molar-refractivity contribution in [3.05, 3.63) is 47.9 Å². The van der Waals surface area contributed by atoms with Crippen molar-refractivity contribution in [1.29, 1.82) is 0 Å². The lowest BCUT2D eigenvalue weighted by Crippen LogP contribution is -2.21. The molecule has 0 bridgehead atoms. The third-order valence-corrected chi connectivity index (χ3v) is 3.33. The molecule has 132 valence electrons. The van der Waals surface area contributed by atoms with E-state index in [1.54, 1.807) is 24.3 Å². The Morgan fingerprint density at radius 1 is 1.16 bits per heavy atom. The Balaban J connectivity index is 2.03. The minimum atomic E-state index is -0.526. The molecule has 25 heavy (non-hydrogen) atoms. The van der Waals surface area contributed by atoms with Gasteiger partial charge in [-0.05, 0) is 26.2 Å². The standard InChI is InChI=1S/C17H21N5O3/c1-22(2)9-8-18-15-11-19-14(10-20-15)16(23)21-13-7-5-4-6-12(13)17(24)25-3/h4-7,10-11H,8-9H2,1-3H3,(H,18,20)(H,21,23). The van der Waals surface area contributed by atoms with E-state index in [9.17, 15) is 9.59 Å². The molecule has 2 aromatic rings. The summed E-state index contributed by atoms with van der Waals surface area (Å²) < 4.78 is 4.70. The summed E-state index contributed by atoms with van der Waals surface area (Å²) in [5.74, 6) is -0.389. The van der Waals surface area contributed by atoms with Gasteiger partial charge in [-0.2, -0.15) is 0 Å². The molecule has 0 unspecified atom stereocenters. The number of amides is 1. The molecule has 2 rings (SSSR count). The average Bonchev–Trinajstić information content (AvgIpc) is 2.61. The van der Waals surface area contributed by atoms with Crippen LogP contribution in [0.5, 0.6) is 0 Å². The SMILES string of the molecule is COC(=O)c1ccccc1NC(=O)c1cnc(NCCN(C)C)cn1. The number of esters is 1. The zero-order valence-electron chi connectivity index (χ0n) is 14.4. The molecule has 0 aliphatic heterocycles. The Hall–Kier alpha value is -3.00. The minimum Gasteiger partial charge on any atom is -0.465 e. The van der Waals surface area contributed by atoms with Crippen molar-refractivity contribution in [2.45, 2.75) is 0 Å². The van der Waals surface area contributed by atoms with Crippen molar-refractivity contribution in [3.8, 4) is 0 Å². The van der Waals surface area contributed by atoms with Gasteiger partial charge in [-0.3, -0.25) is 4.79 Å². The highest BCUT2D eigenvalue weighted by Crippen LogP contribution is 2.16. The van der Waals surface area contributed by atoms with Crippen LogP contribution in [0.15, 0.2) is 36.7 Å². The molecule has 0 aliphatic carbocycles. The number of anilines is 2. The molecule has 1 aromatic carbocycles. The fourth-order valence-electron chi connectivity index (χ4n) is 2.01. The number of carbonyl (C=O) groups is 2. The molecule has 0 saturated heterocycles. The van der Waals surface area contributed by atoms with Crippen LogP contribution in [0.3, 0.4) is 0 Å². The van der Waals surface area contributed by atoms with Gasteiger partial charge in [0, 0.05) is 13.1 Å². The summed E-state index contributed by atoms with van der Waals surface area (Å²) in [6, 6.07) is 6.60. The summed E-state index contributed by atoms with van der Waals surface area (Å²) in [5, 5.41) is 5.77. The Morgan fingerprint density at radius 2 is 1.92 bits per heavy atom. The molecule has 8 nitrogen and oxygen atoms in total. The minimum absolute atomic E-state index is 0.151. The lowest BCUT2D eigenvalue weighted by molar-refractivity contribution is 0.0602. The number of hydrogen-bond acceptors (Lipinski definition) is 7. The number of hydrogen-bond donors (Lipinski definition) is 2. The van der Waals surface area contributed by atoms with Crippen molar-refractivity contribution < 1.29 is 14.3 Å². The molecular weight excluding hydrogens is 322 g/mol. The molecule has 0 aliphatic rings. The topological polar surface area (TPSA) is 96.4 Å². The molecule has 2 N–H and O–H groups in total. The highest BCUT2D eigenvalue weighted by Gasteiger charge is 2.15. The average molecular weight is 343 g/mol. The van der Waals surface area contributed by atoms with E-state index >= 15 is 0 Å². The van der Waals surface area contributed by atoms with Crippen molar-refractivity contribution >= 4 is 23.4 Å². The van der Waals surface area contributed by atoms with Crippen LogP contribution in [0, 0.1) is 0 Å². The number of methoxy groups -OCH3 is 1. The highest BCUT2D eigenvalue weighted by molar-refractivity contribution is 6.06. The molecule has 0 saturated carbocycles. The fraction of sp³-hybridized carbons (Fsp3) is 0.294. The van der Waals surface area contributed by atoms with Gasteiger partial charge >= 0.3 is 5.97 Å². The van der Waals surface area contributed by atoms with Crippen LogP contribution >= 0.6 is 0 Å². The second kappa shape index (κ2) is 8.74. The van der Waals surface area contributed by atoms with E-state index in [-0.39, 0.29) is 11.3 Å². The van der Waals surface area contributed by atoms with Gasteiger partial charge < -0.3 is 20.3 Å². The summed E-state index contributed by atoms with van der Waals surface area (Å²) in [5.41, 5.74) is 0.778. The molecular formula is C17H21N5O3. The van der Waals surface area contributed by atoms with E-state index < -0.39 is 11.9 Å². The van der Waals surface area contributed by atoms with E-state index in [2.05, 4.69) is 20.6 Å². The number of rotatable bonds is 7. The maximum absolute atomic E-state index is 12.3. The maximum atomic E-state index is 12.3. The Kier molecular flexibility index (Phi) is 6.41. The van der Waals surface area contributed by atoms with Crippen molar-refractivity contribution in [1.82, 2.24) is 14.9 Å². The van der Waals surface area contributed by atoms with Crippen molar-refractivity contribution in [2.24, 2.45) is 0 Å². The summed E-state index contributed by atoms with van der Waals surface area (Å²) in [4.78, 5) is 34.3. The lowest BCUT2D eigenvalue weighted by atomic mass is 10.1. The van der Waals surface area contributed by atoms with E-state index in [1.807, 2.05) is 19.0 Å². The van der Waals surface area contributed by atoms with Gasteiger partial charge in [-0.1, -0.05) is 12.1 Å². The van der Waals surface area contributed by atoms with E-state index in [1.165, 1.54) is 19.5 Å². The smallest absolute Gasteiger partial charge is 0.339 e. The number of likely N-dealkylation sites (N-methyl/N-ethyl adjacent to an activating group) is 1. The van der Waals surface area contributed by atoms with Crippen LogP contribution in [-0.2, 0) is 4.74 Å². The molecule has 1 amide bonds. The normalized spacial score (nSPS) is 10.4. The highest BCUT2D eigenvalue weighted by atomic mass is 16.5. The number of nitrogens with one attached hydrogen (secondary N) is 2. The molecule has 0 spiro atoms. The second-order valence-corrected chi connectivity index (χ2v) is 5.51. The first kappa shape index (κ1) is 18.3. The number of aromatic nitrogens is 2. The molecule has 8 heteroatoms. The van der Waals surface area contributed by atoms with E-state index in [4.69, 9.17) is 4.74 Å². The van der Waals surface area contributed by atoms with Gasteiger partial charge in [-0.15, -0.1) is 0 Å². The van der Waals surface area contributed by atoms with Gasteiger partial charge in [0.05, 0.1) is 30.8 Å². The monoisotopic (exact) mass is 343 g/mol. The number of ether oxygens (including phenoxy) is 1. The van der Waals surface area contributed by atoms with Crippen molar-refractivity contribution in [3.63, 3.8) is 0 Å². The van der Waals surface area contributed by atoms with Gasteiger partial charge in [0.2, 0.25) is 0 Å². The lowest BCUT2D eigenvalue weighted by Gasteiger charge is -2.11.